The van der Waals surface area contributed by atoms with Crippen LogP contribution in [0.2, 0.25) is 0 Å². The smallest absolute Gasteiger partial charge is 0.230 e. The van der Waals surface area contributed by atoms with Crippen molar-refractivity contribution in [2.45, 2.75) is 43.7 Å². The predicted octanol–water partition coefficient (Wildman–Crippen LogP) is 0.356. The lowest BCUT2D eigenvalue weighted by Crippen LogP contribution is -2.73. The van der Waals surface area contributed by atoms with Crippen molar-refractivity contribution in [1.29, 1.82) is 5.26 Å². The molecule has 0 spiro atoms. The van der Waals surface area contributed by atoms with Gasteiger partial charge in [-0.05, 0) is 62.2 Å². The van der Waals surface area contributed by atoms with Crippen LogP contribution < -0.4 is 16.0 Å². The van der Waals surface area contributed by atoms with Crippen molar-refractivity contribution < 1.29 is 34.8 Å². The van der Waals surface area contributed by atoms with Gasteiger partial charge in [0, 0.05) is 56.0 Å². The van der Waals surface area contributed by atoms with Crippen molar-refractivity contribution >= 4 is 28.9 Å². The predicted molar refractivity (Wildman–Crippen MR) is 160 cm³/mol. The van der Waals surface area contributed by atoms with E-state index in [1.807, 2.05) is 37.2 Å². The molecule has 2 aromatic rings. The average molecular weight is 604 g/mol. The van der Waals surface area contributed by atoms with Crippen LogP contribution in [0.25, 0.3) is 5.76 Å². The minimum atomic E-state index is -2.70. The molecular weight excluding hydrogens is 566 g/mol. The second-order valence-electron chi connectivity index (χ2n) is 12.4. The number of hydrogen-bond donors (Lipinski definition) is 6. The maximum atomic E-state index is 14.1. The number of nitrogens with two attached hydrogens (primary N) is 1. The molecule has 1 amide bonds. The Hall–Kier alpha value is -4.28. The number of phenolic OH excluding ortho intramolecular Hbond substituents is 1. The summed E-state index contributed by atoms with van der Waals surface area (Å²) >= 11 is 0. The molecule has 5 rings (SSSR count). The molecule has 0 radical (unpaired) electrons. The Kier molecular flexibility index (Phi) is 8.02. The van der Waals surface area contributed by atoms with Crippen LogP contribution in [-0.2, 0) is 33.9 Å². The standard InChI is InChI=1S/C32H37N5O7/c1-36(2)21-11-18(14-35-13-16-7-5-15(12-33)6-8-16)26(38)23-19(21)9-17-10-20-25(37(3)4)28(40)24(31(34)43)30(42)32(20,44)29(41)22(17)27(23)39/h5-8,11,17,20,24-25,28,35,38-40,44H,9-10,13-14H2,1-4H3,(H2,34,43)/t17-,20-,24?,25?,28?,32-/m1/s1. The third kappa shape index (κ3) is 4.73. The SMILES string of the molecule is CN(C)c1cc(CNCc2ccc(C#N)cc2)c(O)c2c1C[C@@H]1C[C@@H]3C(N(C)C)C(O)C(C(N)=O)C(=O)[C@]3(O)C(=O)C1=C2O. The monoisotopic (exact) mass is 603 g/mol. The van der Waals surface area contributed by atoms with Gasteiger partial charge in [0.1, 0.15) is 17.4 Å². The highest BCUT2D eigenvalue weighted by atomic mass is 16.3. The molecule has 0 aromatic heterocycles. The van der Waals surface area contributed by atoms with Gasteiger partial charge in [0.05, 0.1) is 23.3 Å². The number of Topliss-reactive ketones (excluding diaryl/α,β-unsaturated/α-hetero) is 2. The molecule has 0 aliphatic heterocycles. The van der Waals surface area contributed by atoms with Gasteiger partial charge in [0.15, 0.2) is 11.4 Å². The van der Waals surface area contributed by atoms with Gasteiger partial charge in [-0.1, -0.05) is 12.1 Å². The molecule has 0 saturated heterocycles. The average Bonchev–Trinajstić information content (AvgIpc) is 2.96. The van der Waals surface area contributed by atoms with E-state index in [1.54, 1.807) is 31.1 Å². The Bertz CT molecular complexity index is 1610. The largest absolute Gasteiger partial charge is 0.507 e. The van der Waals surface area contributed by atoms with E-state index in [0.717, 1.165) is 5.56 Å². The van der Waals surface area contributed by atoms with Gasteiger partial charge < -0.3 is 41.3 Å². The lowest BCUT2D eigenvalue weighted by atomic mass is 9.54. The summed E-state index contributed by atoms with van der Waals surface area (Å²) in [5.74, 6) is -7.69. The van der Waals surface area contributed by atoms with Crippen molar-refractivity contribution in [2.75, 3.05) is 33.1 Å². The van der Waals surface area contributed by atoms with Crippen LogP contribution in [-0.4, -0.2) is 88.7 Å². The quantitative estimate of drug-likeness (QED) is 0.239. The second-order valence-corrected chi connectivity index (χ2v) is 12.4. The summed E-state index contributed by atoms with van der Waals surface area (Å²) in [4.78, 5) is 43.3. The maximum Gasteiger partial charge on any atom is 0.230 e. The number of ketones is 2. The van der Waals surface area contributed by atoms with Crippen LogP contribution >= 0.6 is 0 Å². The number of carbonyl (C=O) groups excluding carboxylic acids is 3. The van der Waals surface area contributed by atoms with Gasteiger partial charge in [-0.15, -0.1) is 0 Å². The van der Waals surface area contributed by atoms with Crippen LogP contribution in [0.1, 0.15) is 34.2 Å². The van der Waals surface area contributed by atoms with E-state index in [0.29, 0.717) is 28.9 Å². The fourth-order valence-electron chi connectivity index (χ4n) is 7.28. The third-order valence-corrected chi connectivity index (χ3v) is 9.35. The second kappa shape index (κ2) is 11.3. The van der Waals surface area contributed by atoms with E-state index in [9.17, 15) is 34.8 Å². The number of nitrogens with zero attached hydrogens (tertiary/aromatic N) is 3. The number of aromatic hydroxyl groups is 1. The van der Waals surface area contributed by atoms with Crippen molar-refractivity contribution in [2.24, 2.45) is 23.5 Å². The molecule has 2 fully saturated rings. The number of primary amides is 1. The zero-order valence-electron chi connectivity index (χ0n) is 25.0. The molecule has 12 nitrogen and oxygen atoms in total. The minimum Gasteiger partial charge on any atom is -0.507 e. The molecule has 7 N–H and O–H groups in total. The van der Waals surface area contributed by atoms with Crippen molar-refractivity contribution in [3.63, 3.8) is 0 Å². The molecule has 3 unspecified atom stereocenters. The number of fused-ring (bicyclic) bond motifs is 3. The number of benzene rings is 2. The first-order valence-electron chi connectivity index (χ1n) is 14.4. The molecule has 12 heteroatoms. The number of amides is 1. The normalized spacial score (nSPS) is 27.8. The van der Waals surface area contributed by atoms with E-state index >= 15 is 0 Å². The van der Waals surface area contributed by atoms with Crippen LogP contribution in [0.15, 0.2) is 35.9 Å². The summed E-state index contributed by atoms with van der Waals surface area (Å²) in [5, 5.41) is 58.2. The van der Waals surface area contributed by atoms with Crippen LogP contribution in [0.5, 0.6) is 5.75 Å². The topological polar surface area (TPSA) is 200 Å². The van der Waals surface area contributed by atoms with Gasteiger partial charge in [-0.2, -0.15) is 5.26 Å². The zero-order valence-corrected chi connectivity index (χ0v) is 25.0. The first-order valence-corrected chi connectivity index (χ1v) is 14.4. The lowest BCUT2D eigenvalue weighted by Gasteiger charge is -2.53. The van der Waals surface area contributed by atoms with Crippen LogP contribution in [0.4, 0.5) is 5.69 Å². The third-order valence-electron chi connectivity index (χ3n) is 9.35. The Morgan fingerprint density at radius 2 is 1.80 bits per heavy atom. The number of rotatable bonds is 7. The molecule has 2 saturated carbocycles. The van der Waals surface area contributed by atoms with Gasteiger partial charge in [-0.25, -0.2) is 0 Å². The summed E-state index contributed by atoms with van der Waals surface area (Å²) in [6.45, 7) is 0.636. The van der Waals surface area contributed by atoms with Crippen molar-refractivity contribution in [3.05, 3.63) is 63.7 Å². The van der Waals surface area contributed by atoms with Gasteiger partial charge >= 0.3 is 0 Å². The summed E-state index contributed by atoms with van der Waals surface area (Å²) in [6, 6.07) is 10.0. The molecule has 232 valence electrons. The number of anilines is 1. The zero-order chi connectivity index (χ0) is 32.2. The highest BCUT2D eigenvalue weighted by Gasteiger charge is 2.67. The minimum absolute atomic E-state index is 0.0481. The summed E-state index contributed by atoms with van der Waals surface area (Å²) < 4.78 is 0. The number of aliphatic hydroxyl groups excluding tert-OH is 2. The van der Waals surface area contributed by atoms with Gasteiger partial charge in [0.2, 0.25) is 11.7 Å². The Balaban J connectivity index is 1.56. The molecule has 44 heavy (non-hydrogen) atoms. The Morgan fingerprint density at radius 1 is 1.14 bits per heavy atom. The fraction of sp³-hybridized carbons (Fsp3) is 0.438. The van der Waals surface area contributed by atoms with E-state index in [4.69, 9.17) is 11.0 Å². The number of aliphatic hydroxyl groups is 3. The van der Waals surface area contributed by atoms with Crippen molar-refractivity contribution in [1.82, 2.24) is 10.2 Å². The molecular formula is C32H37N5O7. The molecule has 3 aliphatic rings. The van der Waals surface area contributed by atoms with Crippen LogP contribution in [0, 0.1) is 29.1 Å². The highest BCUT2D eigenvalue weighted by molar-refractivity contribution is 6.25. The highest BCUT2D eigenvalue weighted by Crippen LogP contribution is 2.53. The number of phenols is 1. The number of likely N-dealkylation sites (N-methyl/N-ethyl adjacent to an activating group) is 1. The van der Waals surface area contributed by atoms with E-state index < -0.39 is 58.7 Å². The molecule has 2 aromatic carbocycles. The fourth-order valence-corrected chi connectivity index (χ4v) is 7.28. The van der Waals surface area contributed by atoms with E-state index in [1.165, 1.54) is 0 Å². The van der Waals surface area contributed by atoms with Crippen molar-refractivity contribution in [3.8, 4) is 11.8 Å². The summed E-state index contributed by atoms with van der Waals surface area (Å²) in [7, 11) is 6.88. The number of carbonyl (C=O) groups is 3. The molecule has 3 aliphatic carbocycles. The first kappa shape index (κ1) is 31.2. The Labute approximate surface area is 255 Å². The van der Waals surface area contributed by atoms with Crippen LogP contribution in [0.3, 0.4) is 0 Å². The molecule has 6 atom stereocenters. The van der Waals surface area contributed by atoms with E-state index in [2.05, 4.69) is 11.4 Å². The number of hydrogen-bond acceptors (Lipinski definition) is 11. The molecule has 0 bridgehead atoms. The summed E-state index contributed by atoms with van der Waals surface area (Å²) in [6.07, 6.45) is -1.26. The first-order chi connectivity index (χ1) is 20.7. The number of nitrogens with one attached hydrogen (secondary N) is 1. The maximum absolute atomic E-state index is 14.1. The molecule has 0 heterocycles. The number of nitriles is 1. The Morgan fingerprint density at radius 3 is 2.36 bits per heavy atom. The van der Waals surface area contributed by atoms with Gasteiger partial charge in [-0.3, -0.25) is 14.4 Å². The summed E-state index contributed by atoms with van der Waals surface area (Å²) in [5.41, 5.74) is 5.84. The van der Waals surface area contributed by atoms with E-state index in [-0.39, 0.29) is 36.3 Å². The lowest BCUT2D eigenvalue weighted by molar-refractivity contribution is -0.184. The van der Waals surface area contributed by atoms with Gasteiger partial charge in [0.25, 0.3) is 0 Å².